The smallest absolute Gasteiger partial charge is 0.336 e. The molecule has 1 aliphatic rings. The Morgan fingerprint density at radius 2 is 1.76 bits per heavy atom. The zero-order valence-electron chi connectivity index (χ0n) is 25.1. The maximum Gasteiger partial charge on any atom is 0.336 e. The number of ether oxygens (including phenoxy) is 5. The molecule has 5 rings (SSSR count). The molecule has 4 aromatic rings. The number of benzene rings is 3. The number of fused-ring (bicyclic) bond motifs is 1. The molecule has 0 saturated carbocycles. The van der Waals surface area contributed by atoms with Crippen molar-refractivity contribution in [3.05, 3.63) is 82.6 Å². The fourth-order valence-corrected chi connectivity index (χ4v) is 4.97. The van der Waals surface area contributed by atoms with Crippen LogP contribution in [0.2, 0.25) is 0 Å². The average molecular weight is 616 g/mol. The van der Waals surface area contributed by atoms with Crippen molar-refractivity contribution in [2.75, 3.05) is 21.0 Å². The van der Waals surface area contributed by atoms with Gasteiger partial charge in [-0.15, -0.1) is 5.10 Å². The standard InChI is InChI=1S/C33H33N3O9/c1-4-5-12-36-31(25-11-10-23(41-2)16-28(25)43-18-20-8-6-7-9-24(20)33(39)40)26(34-35-36)14-22(32(37)38)13-21-15-29-30(45-19-44-29)17-27(21)42-3/h6-11,14-17H,4-5,12-13,18-19H2,1-3H3,(H,37,38)(H,39,40)/b22-14+. The van der Waals surface area contributed by atoms with Crippen molar-refractivity contribution < 1.29 is 43.5 Å². The Bertz CT molecular complexity index is 1750. The van der Waals surface area contributed by atoms with Crippen LogP contribution in [-0.4, -0.2) is 58.2 Å². The predicted molar refractivity (Wildman–Crippen MR) is 163 cm³/mol. The van der Waals surface area contributed by atoms with Crippen LogP contribution in [0.4, 0.5) is 0 Å². The molecular weight excluding hydrogens is 582 g/mol. The highest BCUT2D eigenvalue weighted by molar-refractivity contribution is 5.94. The van der Waals surface area contributed by atoms with Crippen molar-refractivity contribution in [3.8, 4) is 40.0 Å². The van der Waals surface area contributed by atoms with Crippen LogP contribution >= 0.6 is 0 Å². The Labute approximate surface area is 259 Å². The van der Waals surface area contributed by atoms with Gasteiger partial charge in [-0.3, -0.25) is 0 Å². The molecule has 45 heavy (non-hydrogen) atoms. The van der Waals surface area contributed by atoms with Gasteiger partial charge in [0, 0.05) is 47.4 Å². The molecule has 1 aromatic heterocycles. The fraction of sp³-hybridized carbons (Fsp3) is 0.273. The molecule has 12 nitrogen and oxygen atoms in total. The molecule has 0 radical (unpaired) electrons. The van der Waals surface area contributed by atoms with E-state index in [4.69, 9.17) is 23.7 Å². The lowest BCUT2D eigenvalue weighted by atomic mass is 10.0. The van der Waals surface area contributed by atoms with E-state index in [0.717, 1.165) is 12.8 Å². The second-order valence-corrected chi connectivity index (χ2v) is 10.2. The topological polar surface area (TPSA) is 151 Å². The monoisotopic (exact) mass is 615 g/mol. The van der Waals surface area contributed by atoms with Gasteiger partial charge in [-0.05, 0) is 36.8 Å². The van der Waals surface area contributed by atoms with Crippen molar-refractivity contribution in [3.63, 3.8) is 0 Å². The predicted octanol–water partition coefficient (Wildman–Crippen LogP) is 5.48. The van der Waals surface area contributed by atoms with Gasteiger partial charge in [-0.25, -0.2) is 14.3 Å². The van der Waals surface area contributed by atoms with Crippen LogP contribution in [0, 0.1) is 0 Å². The summed E-state index contributed by atoms with van der Waals surface area (Å²) in [5.41, 5.74) is 2.71. The molecule has 2 N–H and O–H groups in total. The molecule has 0 fully saturated rings. The number of carboxylic acid groups (broad SMARTS) is 2. The fourth-order valence-electron chi connectivity index (χ4n) is 4.97. The number of unbranched alkanes of at least 4 members (excludes halogenated alkanes) is 1. The molecule has 0 bridgehead atoms. The minimum absolute atomic E-state index is 0.00828. The zero-order valence-corrected chi connectivity index (χ0v) is 25.1. The van der Waals surface area contributed by atoms with Crippen LogP contribution < -0.4 is 23.7 Å². The second-order valence-electron chi connectivity index (χ2n) is 10.2. The Morgan fingerprint density at radius 3 is 2.47 bits per heavy atom. The van der Waals surface area contributed by atoms with Crippen LogP contribution in [0.3, 0.4) is 0 Å². The summed E-state index contributed by atoms with van der Waals surface area (Å²) in [6, 6.07) is 15.2. The first kappa shape index (κ1) is 30.9. The van der Waals surface area contributed by atoms with E-state index in [1.54, 1.807) is 53.2 Å². The molecule has 234 valence electrons. The van der Waals surface area contributed by atoms with E-state index >= 15 is 0 Å². The largest absolute Gasteiger partial charge is 0.497 e. The molecule has 12 heteroatoms. The summed E-state index contributed by atoms with van der Waals surface area (Å²) in [6.45, 7) is 2.62. The van der Waals surface area contributed by atoms with Gasteiger partial charge in [0.1, 0.15) is 29.5 Å². The van der Waals surface area contributed by atoms with Crippen LogP contribution in [0.15, 0.2) is 60.2 Å². The highest BCUT2D eigenvalue weighted by Gasteiger charge is 2.23. The minimum atomic E-state index is -1.14. The maximum absolute atomic E-state index is 12.6. The molecule has 0 amide bonds. The molecule has 3 aromatic carbocycles. The molecule has 0 aliphatic carbocycles. The van der Waals surface area contributed by atoms with Crippen LogP contribution in [-0.2, 0) is 24.4 Å². The van der Waals surface area contributed by atoms with Crippen molar-refractivity contribution in [1.29, 1.82) is 0 Å². The number of hydrogen-bond acceptors (Lipinski definition) is 9. The molecular formula is C33H33N3O9. The van der Waals surface area contributed by atoms with E-state index in [0.29, 0.717) is 63.4 Å². The van der Waals surface area contributed by atoms with E-state index in [-0.39, 0.29) is 31.0 Å². The van der Waals surface area contributed by atoms with Crippen molar-refractivity contribution in [1.82, 2.24) is 15.0 Å². The third kappa shape index (κ3) is 6.85. The number of carbonyl (C=O) groups is 2. The summed E-state index contributed by atoms with van der Waals surface area (Å²) in [7, 11) is 3.03. The second kappa shape index (κ2) is 13.8. The summed E-state index contributed by atoms with van der Waals surface area (Å²) in [4.78, 5) is 24.3. The third-order valence-corrected chi connectivity index (χ3v) is 7.30. The van der Waals surface area contributed by atoms with E-state index < -0.39 is 11.9 Å². The third-order valence-electron chi connectivity index (χ3n) is 7.30. The number of aliphatic carboxylic acids is 1. The summed E-state index contributed by atoms with van der Waals surface area (Å²) in [6.07, 6.45) is 3.20. The minimum Gasteiger partial charge on any atom is -0.497 e. The number of carboxylic acids is 2. The van der Waals surface area contributed by atoms with Gasteiger partial charge in [0.25, 0.3) is 0 Å². The zero-order chi connectivity index (χ0) is 31.9. The van der Waals surface area contributed by atoms with Gasteiger partial charge >= 0.3 is 11.9 Å². The summed E-state index contributed by atoms with van der Waals surface area (Å²) in [5, 5.41) is 28.7. The van der Waals surface area contributed by atoms with E-state index in [1.807, 2.05) is 0 Å². The Hall–Kier alpha value is -5.52. The Kier molecular flexibility index (Phi) is 9.51. The Balaban J connectivity index is 1.58. The van der Waals surface area contributed by atoms with Crippen LogP contribution in [0.5, 0.6) is 28.7 Å². The quantitative estimate of drug-likeness (QED) is 0.174. The number of nitrogens with zero attached hydrogens (tertiary/aromatic N) is 3. The Morgan fingerprint density at radius 1 is 0.978 bits per heavy atom. The van der Waals surface area contributed by atoms with Crippen LogP contribution in [0.25, 0.3) is 17.3 Å². The summed E-state index contributed by atoms with van der Waals surface area (Å²) in [5.74, 6) is 0.201. The lowest BCUT2D eigenvalue weighted by molar-refractivity contribution is -0.132. The highest BCUT2D eigenvalue weighted by Crippen LogP contribution is 2.40. The van der Waals surface area contributed by atoms with E-state index in [2.05, 4.69) is 17.2 Å². The molecule has 0 spiro atoms. The normalized spacial score (nSPS) is 12.2. The number of methoxy groups -OCH3 is 2. The number of aromatic carboxylic acids is 1. The van der Waals surface area contributed by atoms with Crippen LogP contribution in [0.1, 0.15) is 46.9 Å². The van der Waals surface area contributed by atoms with E-state index in [9.17, 15) is 19.8 Å². The first-order chi connectivity index (χ1) is 21.8. The first-order valence-corrected chi connectivity index (χ1v) is 14.3. The van der Waals surface area contributed by atoms with Gasteiger partial charge in [-0.1, -0.05) is 36.8 Å². The number of rotatable bonds is 14. The van der Waals surface area contributed by atoms with Gasteiger partial charge in [0.2, 0.25) is 6.79 Å². The molecule has 0 unspecified atom stereocenters. The first-order valence-electron chi connectivity index (χ1n) is 14.3. The van der Waals surface area contributed by atoms with Gasteiger partial charge in [0.15, 0.2) is 11.5 Å². The maximum atomic E-state index is 12.6. The highest BCUT2D eigenvalue weighted by atomic mass is 16.7. The number of hydrogen-bond donors (Lipinski definition) is 2. The van der Waals surface area contributed by atoms with Gasteiger partial charge < -0.3 is 33.9 Å². The lowest BCUT2D eigenvalue weighted by Gasteiger charge is -2.16. The van der Waals surface area contributed by atoms with E-state index in [1.165, 1.54) is 26.4 Å². The molecule has 0 atom stereocenters. The van der Waals surface area contributed by atoms with Gasteiger partial charge in [0.05, 0.1) is 25.5 Å². The SMILES string of the molecule is CCCCn1nnc(/C=C(\Cc2cc3c(cc2OC)OCO3)C(=O)O)c1-c1ccc(OC)cc1OCc1ccccc1C(=O)O. The van der Waals surface area contributed by atoms with Gasteiger partial charge in [-0.2, -0.15) is 0 Å². The van der Waals surface area contributed by atoms with Crippen molar-refractivity contribution >= 4 is 18.0 Å². The average Bonchev–Trinajstić information content (AvgIpc) is 3.68. The number of aromatic nitrogens is 3. The molecule has 0 saturated heterocycles. The van der Waals surface area contributed by atoms with Crippen molar-refractivity contribution in [2.45, 2.75) is 39.3 Å². The molecule has 2 heterocycles. The summed E-state index contributed by atoms with van der Waals surface area (Å²) < 4.78 is 29.8. The number of aryl methyl sites for hydroxylation is 1. The van der Waals surface area contributed by atoms with Crippen molar-refractivity contribution in [2.24, 2.45) is 0 Å². The molecule has 1 aliphatic heterocycles. The summed E-state index contributed by atoms with van der Waals surface area (Å²) >= 11 is 0. The lowest BCUT2D eigenvalue weighted by Crippen LogP contribution is -2.08.